The smallest absolute Gasteiger partial charge is 0.321 e. The second kappa shape index (κ2) is 4.79. The summed E-state index contributed by atoms with van der Waals surface area (Å²) in [5, 5.41) is 6.79. The third-order valence-electron chi connectivity index (χ3n) is 2.40. The summed E-state index contributed by atoms with van der Waals surface area (Å²) in [4.78, 5) is 4.07. The van der Waals surface area contributed by atoms with E-state index in [9.17, 15) is 0 Å². The first-order valence-electron chi connectivity index (χ1n) is 5.40. The first-order chi connectivity index (χ1) is 7.78. The molecule has 1 heterocycles. The van der Waals surface area contributed by atoms with Crippen molar-refractivity contribution in [3.8, 4) is 0 Å². The van der Waals surface area contributed by atoms with Gasteiger partial charge in [0.25, 0.3) is 0 Å². The Hall–Kier alpha value is -1.84. The van der Waals surface area contributed by atoms with E-state index < -0.39 is 0 Å². The quantitative estimate of drug-likeness (QED) is 0.855. The van der Waals surface area contributed by atoms with E-state index in [4.69, 9.17) is 4.52 Å². The fraction of sp³-hybridized carbons (Fsp3) is 0.333. The second-order valence-corrected chi connectivity index (χ2v) is 3.67. The molecule has 0 amide bonds. The number of anilines is 1. The van der Waals surface area contributed by atoms with Gasteiger partial charge in [-0.05, 0) is 24.5 Å². The van der Waals surface area contributed by atoms with Gasteiger partial charge in [0.1, 0.15) is 0 Å². The molecule has 0 fully saturated rings. The van der Waals surface area contributed by atoms with Crippen molar-refractivity contribution < 1.29 is 4.52 Å². The first-order valence-corrected chi connectivity index (χ1v) is 5.40. The number of rotatable bonds is 4. The van der Waals surface area contributed by atoms with Gasteiger partial charge in [-0.3, -0.25) is 0 Å². The molecule has 16 heavy (non-hydrogen) atoms. The zero-order valence-electron chi connectivity index (χ0n) is 9.53. The fourth-order valence-corrected chi connectivity index (χ4v) is 1.44. The SMILES string of the molecule is CCc1ccc(CNc2nc(C)no2)cc1. The lowest BCUT2D eigenvalue weighted by Crippen LogP contribution is -1.99. The molecule has 4 nitrogen and oxygen atoms in total. The molecule has 0 aliphatic rings. The summed E-state index contributed by atoms with van der Waals surface area (Å²) >= 11 is 0. The zero-order chi connectivity index (χ0) is 11.4. The molecule has 0 spiro atoms. The van der Waals surface area contributed by atoms with Crippen molar-refractivity contribution >= 4 is 6.01 Å². The van der Waals surface area contributed by atoms with Gasteiger partial charge in [0.15, 0.2) is 5.82 Å². The van der Waals surface area contributed by atoms with Crippen LogP contribution in [0.5, 0.6) is 0 Å². The molecule has 0 aliphatic heterocycles. The Bertz CT molecular complexity index is 448. The van der Waals surface area contributed by atoms with Gasteiger partial charge >= 0.3 is 6.01 Å². The van der Waals surface area contributed by atoms with Crippen LogP contribution in [0, 0.1) is 6.92 Å². The van der Waals surface area contributed by atoms with Crippen molar-refractivity contribution in [3.05, 3.63) is 41.2 Å². The largest absolute Gasteiger partial charge is 0.334 e. The molecule has 0 atom stereocenters. The van der Waals surface area contributed by atoms with E-state index in [-0.39, 0.29) is 0 Å². The van der Waals surface area contributed by atoms with E-state index in [1.807, 2.05) is 0 Å². The maximum absolute atomic E-state index is 4.96. The van der Waals surface area contributed by atoms with Gasteiger partial charge in [0, 0.05) is 6.54 Å². The number of nitrogens with one attached hydrogen (secondary N) is 1. The lowest BCUT2D eigenvalue weighted by atomic mass is 10.1. The number of benzene rings is 1. The minimum atomic E-state index is 0.470. The molecule has 0 aliphatic carbocycles. The Balaban J connectivity index is 1.94. The Morgan fingerprint density at radius 3 is 2.44 bits per heavy atom. The average Bonchev–Trinajstić information content (AvgIpc) is 2.73. The first kappa shape index (κ1) is 10.7. The Morgan fingerprint density at radius 1 is 1.19 bits per heavy atom. The summed E-state index contributed by atoms with van der Waals surface area (Å²) in [7, 11) is 0. The summed E-state index contributed by atoms with van der Waals surface area (Å²) in [6, 6.07) is 8.95. The molecule has 0 saturated carbocycles. The third kappa shape index (κ3) is 2.59. The minimum absolute atomic E-state index is 0.470. The van der Waals surface area contributed by atoms with Crippen LogP contribution in [0.15, 0.2) is 28.8 Å². The van der Waals surface area contributed by atoms with Gasteiger partial charge < -0.3 is 9.84 Å². The topological polar surface area (TPSA) is 51.0 Å². The van der Waals surface area contributed by atoms with Crippen molar-refractivity contribution in [2.45, 2.75) is 26.8 Å². The molecular weight excluding hydrogens is 202 g/mol. The highest BCUT2D eigenvalue weighted by Gasteiger charge is 2.01. The molecule has 1 N–H and O–H groups in total. The molecule has 0 unspecified atom stereocenters. The normalized spacial score (nSPS) is 10.4. The standard InChI is InChI=1S/C12H15N3O/c1-3-10-4-6-11(7-5-10)8-13-12-14-9(2)15-16-12/h4-7H,3,8H2,1-2H3,(H,13,14,15). The minimum Gasteiger partial charge on any atom is -0.334 e. The Morgan fingerprint density at radius 2 is 1.88 bits per heavy atom. The van der Waals surface area contributed by atoms with Gasteiger partial charge in [-0.25, -0.2) is 0 Å². The van der Waals surface area contributed by atoms with E-state index in [0.717, 1.165) is 6.42 Å². The monoisotopic (exact) mass is 217 g/mol. The molecule has 84 valence electrons. The molecule has 2 aromatic rings. The van der Waals surface area contributed by atoms with E-state index in [1.165, 1.54) is 11.1 Å². The van der Waals surface area contributed by atoms with Crippen LogP contribution in [-0.2, 0) is 13.0 Å². The molecule has 4 heteroatoms. The summed E-state index contributed by atoms with van der Waals surface area (Å²) in [6.45, 7) is 4.64. The highest BCUT2D eigenvalue weighted by Crippen LogP contribution is 2.08. The van der Waals surface area contributed by atoms with Crippen molar-refractivity contribution in [2.24, 2.45) is 0 Å². The summed E-state index contributed by atoms with van der Waals surface area (Å²) in [5.74, 6) is 0.642. The number of aromatic nitrogens is 2. The highest BCUT2D eigenvalue weighted by atomic mass is 16.5. The molecule has 1 aromatic carbocycles. The van der Waals surface area contributed by atoms with Crippen molar-refractivity contribution in [2.75, 3.05) is 5.32 Å². The van der Waals surface area contributed by atoms with E-state index in [1.54, 1.807) is 6.92 Å². The van der Waals surface area contributed by atoms with Gasteiger partial charge in [-0.2, -0.15) is 4.98 Å². The highest BCUT2D eigenvalue weighted by molar-refractivity contribution is 5.27. The Kier molecular flexibility index (Phi) is 3.19. The van der Waals surface area contributed by atoms with Crippen LogP contribution < -0.4 is 5.32 Å². The lowest BCUT2D eigenvalue weighted by Gasteiger charge is -2.02. The van der Waals surface area contributed by atoms with E-state index in [0.29, 0.717) is 18.4 Å². The number of nitrogens with zero attached hydrogens (tertiary/aromatic N) is 2. The van der Waals surface area contributed by atoms with Crippen LogP contribution in [0.25, 0.3) is 0 Å². The van der Waals surface area contributed by atoms with E-state index in [2.05, 4.69) is 46.6 Å². The van der Waals surface area contributed by atoms with Crippen LogP contribution in [-0.4, -0.2) is 10.1 Å². The molecule has 1 aromatic heterocycles. The van der Waals surface area contributed by atoms with Crippen LogP contribution in [0.4, 0.5) is 6.01 Å². The Labute approximate surface area is 94.7 Å². The fourth-order valence-electron chi connectivity index (χ4n) is 1.44. The predicted octanol–water partition coefficient (Wildman–Crippen LogP) is 2.55. The van der Waals surface area contributed by atoms with Crippen LogP contribution in [0.3, 0.4) is 0 Å². The number of hydrogen-bond donors (Lipinski definition) is 1. The summed E-state index contributed by atoms with van der Waals surface area (Å²) < 4.78 is 4.96. The van der Waals surface area contributed by atoms with Gasteiger partial charge in [0.2, 0.25) is 0 Å². The zero-order valence-corrected chi connectivity index (χ0v) is 9.53. The van der Waals surface area contributed by atoms with E-state index >= 15 is 0 Å². The van der Waals surface area contributed by atoms with Crippen LogP contribution >= 0.6 is 0 Å². The third-order valence-corrected chi connectivity index (χ3v) is 2.40. The second-order valence-electron chi connectivity index (χ2n) is 3.67. The van der Waals surface area contributed by atoms with Crippen molar-refractivity contribution in [3.63, 3.8) is 0 Å². The average molecular weight is 217 g/mol. The van der Waals surface area contributed by atoms with Crippen LogP contribution in [0.1, 0.15) is 23.9 Å². The molecule has 0 saturated heterocycles. The van der Waals surface area contributed by atoms with Gasteiger partial charge in [0.05, 0.1) is 0 Å². The van der Waals surface area contributed by atoms with Crippen molar-refractivity contribution in [1.29, 1.82) is 0 Å². The lowest BCUT2D eigenvalue weighted by molar-refractivity contribution is 0.425. The molecule has 0 radical (unpaired) electrons. The summed E-state index contributed by atoms with van der Waals surface area (Å²) in [6.07, 6.45) is 1.07. The van der Waals surface area contributed by atoms with Crippen LogP contribution in [0.2, 0.25) is 0 Å². The molecule has 0 bridgehead atoms. The van der Waals surface area contributed by atoms with Gasteiger partial charge in [-0.1, -0.05) is 36.3 Å². The number of hydrogen-bond acceptors (Lipinski definition) is 4. The predicted molar refractivity (Wildman–Crippen MR) is 62.2 cm³/mol. The van der Waals surface area contributed by atoms with Gasteiger partial charge in [-0.15, -0.1) is 0 Å². The summed E-state index contributed by atoms with van der Waals surface area (Å²) in [5.41, 5.74) is 2.55. The maximum atomic E-state index is 4.96. The molecule has 2 rings (SSSR count). The molecular formula is C12H15N3O. The number of aryl methyl sites for hydroxylation is 2. The maximum Gasteiger partial charge on any atom is 0.321 e. The van der Waals surface area contributed by atoms with Crippen molar-refractivity contribution in [1.82, 2.24) is 10.1 Å².